The summed E-state index contributed by atoms with van der Waals surface area (Å²) in [6.07, 6.45) is 3.71. The monoisotopic (exact) mass is 238 g/mol. The van der Waals surface area contributed by atoms with Crippen LogP contribution in [0.25, 0.3) is 0 Å². The average Bonchev–Trinajstić information content (AvgIpc) is 2.23. The number of hydrogen-bond acceptors (Lipinski definition) is 2. The summed E-state index contributed by atoms with van der Waals surface area (Å²) in [5.41, 5.74) is -0.126. The van der Waals surface area contributed by atoms with E-state index in [1.165, 1.54) is 0 Å². The van der Waals surface area contributed by atoms with E-state index in [9.17, 15) is 4.79 Å². The normalized spacial score (nSPS) is 25.4. The number of rotatable bonds is 3. The van der Waals surface area contributed by atoms with Crippen LogP contribution in [0.1, 0.15) is 40.5 Å². The molecule has 1 fully saturated rings. The van der Waals surface area contributed by atoms with Gasteiger partial charge in [0.1, 0.15) is 0 Å². The van der Waals surface area contributed by atoms with Crippen molar-refractivity contribution in [1.29, 1.82) is 0 Å². The molecule has 0 aliphatic carbocycles. The van der Waals surface area contributed by atoms with Crippen molar-refractivity contribution in [1.82, 2.24) is 10.2 Å². The van der Waals surface area contributed by atoms with Gasteiger partial charge in [0.05, 0.1) is 0 Å². The molecular weight excluding hydrogens is 212 g/mol. The molecule has 2 unspecified atom stereocenters. The Morgan fingerprint density at radius 3 is 2.65 bits per heavy atom. The molecule has 0 aromatic heterocycles. The van der Waals surface area contributed by atoms with Gasteiger partial charge in [-0.05, 0) is 47.1 Å². The second kappa shape index (κ2) is 5.67. The second-order valence-electron chi connectivity index (χ2n) is 5.98. The van der Waals surface area contributed by atoms with Crippen molar-refractivity contribution in [2.45, 2.75) is 52.1 Å². The van der Waals surface area contributed by atoms with E-state index in [1.807, 2.05) is 11.0 Å². The molecule has 1 amide bonds. The highest BCUT2D eigenvalue weighted by molar-refractivity contribution is 5.80. The minimum atomic E-state index is -0.126. The quantitative estimate of drug-likeness (QED) is 0.764. The Morgan fingerprint density at radius 1 is 1.53 bits per heavy atom. The maximum Gasteiger partial charge on any atom is 0.226 e. The van der Waals surface area contributed by atoms with E-state index < -0.39 is 0 Å². The highest BCUT2D eigenvalue weighted by Crippen LogP contribution is 2.23. The van der Waals surface area contributed by atoms with Gasteiger partial charge in [-0.2, -0.15) is 0 Å². The standard InChI is InChI=1S/C14H26N2O/c1-6-9-16(14(3,4)5)13(17)12-7-8-15-11(2)10-12/h6,11-12,15H,1,7-10H2,2-5H3. The lowest BCUT2D eigenvalue weighted by Crippen LogP contribution is -2.51. The van der Waals surface area contributed by atoms with Crippen LogP contribution in [0.3, 0.4) is 0 Å². The molecule has 0 aromatic carbocycles. The minimum Gasteiger partial charge on any atom is -0.334 e. The van der Waals surface area contributed by atoms with Gasteiger partial charge in [0.25, 0.3) is 0 Å². The van der Waals surface area contributed by atoms with Crippen LogP contribution in [0.4, 0.5) is 0 Å². The van der Waals surface area contributed by atoms with Gasteiger partial charge in [-0.1, -0.05) is 6.08 Å². The molecule has 17 heavy (non-hydrogen) atoms. The summed E-state index contributed by atoms with van der Waals surface area (Å²) in [6.45, 7) is 13.7. The molecule has 2 atom stereocenters. The molecule has 3 heteroatoms. The number of amides is 1. The third-order valence-corrected chi connectivity index (χ3v) is 3.36. The fourth-order valence-corrected chi connectivity index (χ4v) is 2.40. The molecule has 1 heterocycles. The number of hydrogen-bond donors (Lipinski definition) is 1. The maximum absolute atomic E-state index is 12.5. The lowest BCUT2D eigenvalue weighted by atomic mass is 9.90. The largest absolute Gasteiger partial charge is 0.334 e. The first-order valence-electron chi connectivity index (χ1n) is 6.52. The van der Waals surface area contributed by atoms with Gasteiger partial charge in [-0.3, -0.25) is 4.79 Å². The number of nitrogens with zero attached hydrogens (tertiary/aromatic N) is 1. The predicted octanol–water partition coefficient (Wildman–Crippen LogP) is 2.19. The van der Waals surface area contributed by atoms with Crippen molar-refractivity contribution >= 4 is 5.91 Å². The average molecular weight is 238 g/mol. The van der Waals surface area contributed by atoms with Crippen molar-refractivity contribution < 1.29 is 4.79 Å². The van der Waals surface area contributed by atoms with Crippen LogP contribution < -0.4 is 5.32 Å². The summed E-state index contributed by atoms with van der Waals surface area (Å²) in [6, 6.07) is 0.447. The topological polar surface area (TPSA) is 32.3 Å². The van der Waals surface area contributed by atoms with E-state index in [-0.39, 0.29) is 17.4 Å². The van der Waals surface area contributed by atoms with Gasteiger partial charge in [0.15, 0.2) is 0 Å². The van der Waals surface area contributed by atoms with Gasteiger partial charge in [-0.15, -0.1) is 6.58 Å². The van der Waals surface area contributed by atoms with E-state index in [0.717, 1.165) is 19.4 Å². The third-order valence-electron chi connectivity index (χ3n) is 3.36. The van der Waals surface area contributed by atoms with Crippen LogP contribution in [0, 0.1) is 5.92 Å². The molecule has 1 saturated heterocycles. The van der Waals surface area contributed by atoms with Crippen molar-refractivity contribution in [2.75, 3.05) is 13.1 Å². The van der Waals surface area contributed by atoms with E-state index in [2.05, 4.69) is 39.6 Å². The minimum absolute atomic E-state index is 0.126. The molecular formula is C14H26N2O. The lowest BCUT2D eigenvalue weighted by molar-refractivity contribution is -0.140. The first kappa shape index (κ1) is 14.2. The molecule has 0 aromatic rings. The third kappa shape index (κ3) is 3.84. The van der Waals surface area contributed by atoms with Crippen LogP contribution in [-0.4, -0.2) is 35.5 Å². The van der Waals surface area contributed by atoms with Crippen molar-refractivity contribution in [3.63, 3.8) is 0 Å². The van der Waals surface area contributed by atoms with Crippen molar-refractivity contribution in [2.24, 2.45) is 5.92 Å². The van der Waals surface area contributed by atoms with E-state index >= 15 is 0 Å². The number of piperidine rings is 1. The highest BCUT2D eigenvalue weighted by Gasteiger charge is 2.32. The summed E-state index contributed by atoms with van der Waals surface area (Å²) in [7, 11) is 0. The van der Waals surface area contributed by atoms with Crippen LogP contribution >= 0.6 is 0 Å². The Balaban J connectivity index is 2.73. The molecule has 1 aliphatic rings. The predicted molar refractivity (Wildman–Crippen MR) is 71.9 cm³/mol. The Kier molecular flexibility index (Phi) is 4.75. The van der Waals surface area contributed by atoms with Gasteiger partial charge < -0.3 is 10.2 Å². The Morgan fingerprint density at radius 2 is 2.18 bits per heavy atom. The van der Waals surface area contributed by atoms with Crippen LogP contribution in [0.2, 0.25) is 0 Å². The van der Waals surface area contributed by atoms with Crippen LogP contribution in [-0.2, 0) is 4.79 Å². The fraction of sp³-hybridized carbons (Fsp3) is 0.786. The van der Waals surface area contributed by atoms with Crippen molar-refractivity contribution in [3.8, 4) is 0 Å². The van der Waals surface area contributed by atoms with Crippen molar-refractivity contribution in [3.05, 3.63) is 12.7 Å². The molecule has 1 aliphatic heterocycles. The van der Waals surface area contributed by atoms with Gasteiger partial charge in [0.2, 0.25) is 5.91 Å². The maximum atomic E-state index is 12.5. The molecule has 0 radical (unpaired) electrons. The van der Waals surface area contributed by atoms with Gasteiger partial charge in [-0.25, -0.2) is 0 Å². The smallest absolute Gasteiger partial charge is 0.226 e. The van der Waals surface area contributed by atoms with Gasteiger partial charge in [0, 0.05) is 24.0 Å². The van der Waals surface area contributed by atoms with E-state index in [0.29, 0.717) is 12.6 Å². The molecule has 1 rings (SSSR count). The molecule has 3 nitrogen and oxygen atoms in total. The van der Waals surface area contributed by atoms with Crippen LogP contribution in [0.5, 0.6) is 0 Å². The van der Waals surface area contributed by atoms with E-state index in [4.69, 9.17) is 0 Å². The number of carbonyl (C=O) groups excluding carboxylic acids is 1. The summed E-state index contributed by atoms with van der Waals surface area (Å²) in [4.78, 5) is 14.5. The second-order valence-corrected chi connectivity index (χ2v) is 5.98. The highest BCUT2D eigenvalue weighted by atomic mass is 16.2. The zero-order chi connectivity index (χ0) is 13.1. The first-order valence-corrected chi connectivity index (χ1v) is 6.52. The molecule has 0 spiro atoms. The molecule has 1 N–H and O–H groups in total. The summed E-state index contributed by atoms with van der Waals surface area (Å²) in [5, 5.41) is 3.39. The summed E-state index contributed by atoms with van der Waals surface area (Å²) in [5.74, 6) is 0.455. The zero-order valence-electron chi connectivity index (χ0n) is 11.6. The fourth-order valence-electron chi connectivity index (χ4n) is 2.40. The summed E-state index contributed by atoms with van der Waals surface area (Å²) < 4.78 is 0. The molecule has 0 bridgehead atoms. The SMILES string of the molecule is C=CCN(C(=O)C1CCNC(C)C1)C(C)(C)C. The molecule has 0 saturated carbocycles. The summed E-state index contributed by atoms with van der Waals surface area (Å²) >= 11 is 0. The zero-order valence-corrected chi connectivity index (χ0v) is 11.6. The van der Waals surface area contributed by atoms with Crippen LogP contribution in [0.15, 0.2) is 12.7 Å². The molecule has 98 valence electrons. The Bertz CT molecular complexity index is 280. The number of nitrogens with one attached hydrogen (secondary N) is 1. The lowest BCUT2D eigenvalue weighted by Gasteiger charge is -2.39. The van der Waals surface area contributed by atoms with E-state index in [1.54, 1.807) is 0 Å². The Hall–Kier alpha value is -0.830. The first-order chi connectivity index (χ1) is 7.86. The van der Waals surface area contributed by atoms with Gasteiger partial charge >= 0.3 is 0 Å². The Labute approximate surface area is 105 Å². The number of carbonyl (C=O) groups is 1.